The smallest absolute Gasteiger partial charge is 0.253 e. The van der Waals surface area contributed by atoms with Crippen molar-refractivity contribution >= 4 is 5.91 Å². The van der Waals surface area contributed by atoms with Gasteiger partial charge in [-0.1, -0.05) is 18.2 Å². The summed E-state index contributed by atoms with van der Waals surface area (Å²) in [5.74, 6) is -0.365. The number of carbonyl (C=O) groups excluding carboxylic acids is 1. The van der Waals surface area contributed by atoms with Gasteiger partial charge in [0.1, 0.15) is 0 Å². The lowest BCUT2D eigenvalue weighted by Crippen LogP contribution is -2.22. The summed E-state index contributed by atoms with van der Waals surface area (Å²) in [7, 11) is 0. The number of hydrogen-bond acceptors (Lipinski definition) is 1. The van der Waals surface area contributed by atoms with E-state index in [4.69, 9.17) is 0 Å². The monoisotopic (exact) mass is 167 g/mol. The third kappa shape index (κ3) is 1.81. The molecule has 64 valence electrons. The number of halogens is 1. The molecule has 0 aliphatic heterocycles. The summed E-state index contributed by atoms with van der Waals surface area (Å²) in [6, 6.07) is 7.06. The lowest BCUT2D eigenvalue weighted by Gasteiger charge is -2.03. The average molecular weight is 167 g/mol. The Labute approximate surface area is 70.4 Å². The third-order valence-electron chi connectivity index (χ3n) is 1.62. The van der Waals surface area contributed by atoms with Crippen molar-refractivity contribution in [2.45, 2.75) is 6.92 Å². The van der Waals surface area contributed by atoms with Gasteiger partial charge in [0.05, 0.1) is 0 Å². The number of rotatable bonds is 2. The quantitative estimate of drug-likeness (QED) is 0.667. The molecule has 1 aromatic rings. The maximum atomic E-state index is 11.7. The lowest BCUT2D eigenvalue weighted by atomic mass is 10.1. The Morgan fingerprint density at radius 3 is 2.75 bits per heavy atom. The molecule has 0 fully saturated rings. The molecule has 1 N–H and O–H groups in total. The van der Waals surface area contributed by atoms with E-state index in [9.17, 15) is 9.18 Å². The minimum Gasteiger partial charge on any atom is -0.325 e. The molecule has 0 aliphatic carbocycles. The number of hydrogen-bond donors (Lipinski definition) is 1. The fourth-order valence-corrected chi connectivity index (χ4v) is 0.984. The van der Waals surface area contributed by atoms with Gasteiger partial charge in [-0.3, -0.25) is 4.79 Å². The maximum Gasteiger partial charge on any atom is 0.253 e. The number of carbonyl (C=O) groups is 1. The number of aryl methyl sites for hydroxylation is 1. The van der Waals surface area contributed by atoms with Crippen molar-refractivity contribution in [1.29, 1.82) is 0 Å². The van der Waals surface area contributed by atoms with E-state index in [0.717, 1.165) is 5.56 Å². The summed E-state index contributed by atoms with van der Waals surface area (Å²) in [5.41, 5.74) is 1.37. The molecule has 0 aromatic heterocycles. The fourth-order valence-electron chi connectivity index (χ4n) is 0.984. The van der Waals surface area contributed by atoms with Crippen LogP contribution in [-0.4, -0.2) is 12.7 Å². The van der Waals surface area contributed by atoms with Crippen molar-refractivity contribution in [3.63, 3.8) is 0 Å². The standard InChI is InChI=1S/C9H10FNO/c1-7-4-2-3-5-8(7)9(12)11-6-10/h2-5H,6H2,1H3,(H,11,12). The largest absolute Gasteiger partial charge is 0.325 e. The average Bonchev–Trinajstić information content (AvgIpc) is 2.05. The number of amides is 1. The van der Waals surface area contributed by atoms with E-state index in [0.29, 0.717) is 5.56 Å². The van der Waals surface area contributed by atoms with Gasteiger partial charge < -0.3 is 5.32 Å². The molecule has 0 aliphatic rings. The van der Waals surface area contributed by atoms with Crippen LogP contribution in [-0.2, 0) is 0 Å². The molecule has 1 rings (SSSR count). The van der Waals surface area contributed by atoms with Crippen LogP contribution in [0.5, 0.6) is 0 Å². The molecule has 0 spiro atoms. The molecule has 0 atom stereocenters. The molecular weight excluding hydrogens is 157 g/mol. The van der Waals surface area contributed by atoms with Crippen LogP contribution in [0.2, 0.25) is 0 Å². The number of nitrogens with one attached hydrogen (secondary N) is 1. The van der Waals surface area contributed by atoms with Gasteiger partial charge in [-0.15, -0.1) is 0 Å². The molecule has 0 radical (unpaired) electrons. The highest BCUT2D eigenvalue weighted by molar-refractivity contribution is 5.95. The lowest BCUT2D eigenvalue weighted by molar-refractivity contribution is 0.0937. The van der Waals surface area contributed by atoms with Gasteiger partial charge in [0, 0.05) is 5.56 Å². The normalized spacial score (nSPS) is 9.50. The van der Waals surface area contributed by atoms with E-state index in [1.165, 1.54) is 0 Å². The van der Waals surface area contributed by atoms with Crippen molar-refractivity contribution in [2.75, 3.05) is 6.80 Å². The van der Waals surface area contributed by atoms with Crippen LogP contribution < -0.4 is 5.32 Å². The molecule has 0 saturated carbocycles. The second-order valence-electron chi connectivity index (χ2n) is 2.45. The van der Waals surface area contributed by atoms with Gasteiger partial charge in [-0.25, -0.2) is 4.39 Å². The molecule has 2 nitrogen and oxygen atoms in total. The van der Waals surface area contributed by atoms with Crippen molar-refractivity contribution in [2.24, 2.45) is 0 Å². The molecule has 0 heterocycles. The summed E-state index contributed by atoms with van der Waals surface area (Å²) in [6.07, 6.45) is 0. The zero-order chi connectivity index (χ0) is 8.97. The van der Waals surface area contributed by atoms with E-state index in [1.54, 1.807) is 12.1 Å². The van der Waals surface area contributed by atoms with Crippen molar-refractivity contribution in [3.05, 3.63) is 35.4 Å². The SMILES string of the molecule is Cc1ccccc1C(=O)NCF. The first-order valence-corrected chi connectivity index (χ1v) is 3.65. The van der Waals surface area contributed by atoms with Gasteiger partial charge in [0.2, 0.25) is 0 Å². The van der Waals surface area contributed by atoms with E-state index in [2.05, 4.69) is 5.32 Å². The molecule has 1 amide bonds. The highest BCUT2D eigenvalue weighted by Crippen LogP contribution is 2.05. The Kier molecular flexibility index (Phi) is 2.80. The van der Waals surface area contributed by atoms with Crippen molar-refractivity contribution in [1.82, 2.24) is 5.32 Å². The first kappa shape index (κ1) is 8.71. The van der Waals surface area contributed by atoms with E-state index in [1.807, 2.05) is 19.1 Å². The summed E-state index contributed by atoms with van der Waals surface area (Å²) in [6.45, 7) is 0.986. The zero-order valence-electron chi connectivity index (χ0n) is 6.80. The highest BCUT2D eigenvalue weighted by Gasteiger charge is 2.05. The van der Waals surface area contributed by atoms with Crippen LogP contribution in [0, 0.1) is 6.92 Å². The topological polar surface area (TPSA) is 29.1 Å². The zero-order valence-corrected chi connectivity index (χ0v) is 6.80. The predicted molar refractivity (Wildman–Crippen MR) is 44.6 cm³/mol. The van der Waals surface area contributed by atoms with Crippen LogP contribution in [0.4, 0.5) is 4.39 Å². The van der Waals surface area contributed by atoms with Gasteiger partial charge in [-0.05, 0) is 18.6 Å². The number of alkyl halides is 1. The fraction of sp³-hybridized carbons (Fsp3) is 0.222. The van der Waals surface area contributed by atoms with Crippen LogP contribution in [0.1, 0.15) is 15.9 Å². The van der Waals surface area contributed by atoms with Crippen molar-refractivity contribution in [3.8, 4) is 0 Å². The van der Waals surface area contributed by atoms with E-state index >= 15 is 0 Å². The summed E-state index contributed by atoms with van der Waals surface area (Å²) in [4.78, 5) is 11.1. The van der Waals surface area contributed by atoms with Gasteiger partial charge in [0.25, 0.3) is 5.91 Å². The maximum absolute atomic E-state index is 11.7. The van der Waals surface area contributed by atoms with Crippen LogP contribution in [0.15, 0.2) is 24.3 Å². The van der Waals surface area contributed by atoms with Crippen molar-refractivity contribution < 1.29 is 9.18 Å². The van der Waals surface area contributed by atoms with Gasteiger partial charge in [-0.2, -0.15) is 0 Å². The summed E-state index contributed by atoms with van der Waals surface area (Å²) in [5, 5.41) is 2.10. The van der Waals surface area contributed by atoms with E-state index < -0.39 is 6.80 Å². The molecule has 0 bridgehead atoms. The van der Waals surface area contributed by atoms with Crippen LogP contribution in [0.3, 0.4) is 0 Å². The minimum atomic E-state index is -0.826. The highest BCUT2D eigenvalue weighted by atomic mass is 19.1. The van der Waals surface area contributed by atoms with E-state index in [-0.39, 0.29) is 5.91 Å². The minimum absolute atomic E-state index is 0.365. The Morgan fingerprint density at radius 2 is 2.17 bits per heavy atom. The third-order valence-corrected chi connectivity index (χ3v) is 1.62. The Balaban J connectivity index is 2.87. The Hall–Kier alpha value is -1.38. The Morgan fingerprint density at radius 1 is 1.50 bits per heavy atom. The predicted octanol–water partition coefficient (Wildman–Crippen LogP) is 1.65. The summed E-state index contributed by atoms with van der Waals surface area (Å²) >= 11 is 0. The molecular formula is C9H10FNO. The second kappa shape index (κ2) is 3.85. The molecule has 1 aromatic carbocycles. The van der Waals surface area contributed by atoms with Crippen LogP contribution in [0.25, 0.3) is 0 Å². The molecule has 12 heavy (non-hydrogen) atoms. The number of benzene rings is 1. The second-order valence-corrected chi connectivity index (χ2v) is 2.45. The Bertz CT molecular complexity index is 286. The molecule has 0 unspecified atom stereocenters. The van der Waals surface area contributed by atoms with Crippen LogP contribution >= 0.6 is 0 Å². The molecule has 3 heteroatoms. The summed E-state index contributed by atoms with van der Waals surface area (Å²) < 4.78 is 11.7. The first-order valence-electron chi connectivity index (χ1n) is 3.65. The molecule has 0 saturated heterocycles. The first-order chi connectivity index (χ1) is 5.75. The van der Waals surface area contributed by atoms with Gasteiger partial charge in [0.15, 0.2) is 6.80 Å². The van der Waals surface area contributed by atoms with Gasteiger partial charge >= 0.3 is 0 Å².